The van der Waals surface area contributed by atoms with E-state index in [9.17, 15) is 4.79 Å². The first-order valence-corrected chi connectivity index (χ1v) is 8.20. The number of pyridine rings is 1. The molecule has 0 unspecified atom stereocenters. The molecule has 1 saturated carbocycles. The Morgan fingerprint density at radius 1 is 1.17 bits per heavy atom. The zero-order valence-corrected chi connectivity index (χ0v) is 13.7. The molecule has 0 aliphatic heterocycles. The third-order valence-electron chi connectivity index (χ3n) is 4.26. The van der Waals surface area contributed by atoms with Gasteiger partial charge in [-0.25, -0.2) is 4.98 Å². The van der Waals surface area contributed by atoms with Gasteiger partial charge in [0.05, 0.1) is 17.9 Å². The minimum absolute atomic E-state index is 0.184. The van der Waals surface area contributed by atoms with Crippen LogP contribution in [-0.4, -0.2) is 26.5 Å². The lowest BCUT2D eigenvalue weighted by Gasteiger charge is -2.18. The lowest BCUT2D eigenvalue weighted by Crippen LogP contribution is -2.32. The summed E-state index contributed by atoms with van der Waals surface area (Å²) in [5.41, 5.74) is 2.88. The van der Waals surface area contributed by atoms with Gasteiger partial charge in [-0.1, -0.05) is 25.3 Å². The van der Waals surface area contributed by atoms with Crippen LogP contribution in [0.1, 0.15) is 53.8 Å². The van der Waals surface area contributed by atoms with E-state index in [1.165, 1.54) is 25.5 Å². The molecular weight excluding hydrogens is 288 g/mol. The van der Waals surface area contributed by atoms with Gasteiger partial charge in [-0.05, 0) is 38.3 Å². The molecule has 120 valence electrons. The fourth-order valence-electron chi connectivity index (χ4n) is 2.95. The monoisotopic (exact) mass is 310 g/mol. The van der Waals surface area contributed by atoms with Crippen molar-refractivity contribution in [1.29, 1.82) is 0 Å². The summed E-state index contributed by atoms with van der Waals surface area (Å²) in [4.78, 5) is 26.0. The van der Waals surface area contributed by atoms with E-state index in [0.29, 0.717) is 11.7 Å². The third kappa shape index (κ3) is 3.55. The minimum atomic E-state index is -0.184. The summed E-state index contributed by atoms with van der Waals surface area (Å²) >= 11 is 0. The van der Waals surface area contributed by atoms with E-state index in [-0.39, 0.29) is 5.91 Å². The molecule has 0 atom stereocenters. The van der Waals surface area contributed by atoms with Crippen LogP contribution in [0.4, 0.5) is 0 Å². The molecule has 5 nitrogen and oxygen atoms in total. The predicted molar refractivity (Wildman–Crippen MR) is 88.1 cm³/mol. The molecule has 1 aliphatic rings. The first kappa shape index (κ1) is 15.6. The van der Waals surface area contributed by atoms with Gasteiger partial charge in [-0.3, -0.25) is 19.3 Å². The van der Waals surface area contributed by atoms with Crippen molar-refractivity contribution in [2.45, 2.75) is 52.0 Å². The van der Waals surface area contributed by atoms with E-state index in [2.05, 4.69) is 9.97 Å². The summed E-state index contributed by atoms with van der Waals surface area (Å²) in [6.07, 6.45) is 10.8. The van der Waals surface area contributed by atoms with E-state index in [1.54, 1.807) is 17.0 Å². The predicted octanol–water partition coefficient (Wildman–Crippen LogP) is 2.82. The highest BCUT2D eigenvalue weighted by molar-refractivity contribution is 5.93. The number of nitrogens with zero attached hydrogens (tertiary/aromatic N) is 4. The Labute approximate surface area is 136 Å². The third-order valence-corrected chi connectivity index (χ3v) is 4.26. The maximum atomic E-state index is 12.8. The van der Waals surface area contributed by atoms with Gasteiger partial charge in [-0.2, -0.15) is 0 Å². The summed E-state index contributed by atoms with van der Waals surface area (Å²) in [6.45, 7) is 3.84. The second kappa shape index (κ2) is 6.86. The molecule has 0 amide bonds. The Hall–Kier alpha value is -2.30. The van der Waals surface area contributed by atoms with E-state index in [1.807, 2.05) is 26.0 Å². The summed E-state index contributed by atoms with van der Waals surface area (Å²) in [5.74, 6) is -0.184. The topological polar surface area (TPSA) is 60.1 Å². The van der Waals surface area contributed by atoms with Crippen LogP contribution in [-0.2, 0) is 0 Å². The van der Waals surface area contributed by atoms with Crippen LogP contribution in [0.2, 0.25) is 0 Å². The number of carbonyl (C=O) groups is 1. The fraction of sp³-hybridized carbons (Fsp3) is 0.444. The molecule has 0 saturated heterocycles. The van der Waals surface area contributed by atoms with Crippen LogP contribution >= 0.6 is 0 Å². The summed E-state index contributed by atoms with van der Waals surface area (Å²) in [6, 6.07) is 4.18. The first-order valence-electron chi connectivity index (χ1n) is 8.20. The molecule has 0 bridgehead atoms. The van der Waals surface area contributed by atoms with Crippen LogP contribution in [0, 0.1) is 13.8 Å². The van der Waals surface area contributed by atoms with E-state index >= 15 is 0 Å². The molecule has 0 spiro atoms. The lowest BCUT2D eigenvalue weighted by atomic mass is 9.96. The molecule has 2 aromatic rings. The summed E-state index contributed by atoms with van der Waals surface area (Å²) in [5, 5.41) is 0. The summed E-state index contributed by atoms with van der Waals surface area (Å²) < 4.78 is 1.60. The number of rotatable bonds is 2. The molecule has 0 radical (unpaired) electrons. The Bertz CT molecular complexity index is 755. The zero-order chi connectivity index (χ0) is 16.2. The van der Waals surface area contributed by atoms with Crippen molar-refractivity contribution in [1.82, 2.24) is 14.5 Å². The first-order chi connectivity index (χ1) is 11.1. The lowest BCUT2D eigenvalue weighted by molar-refractivity contribution is 0.0948. The number of hydrogen-bond donors (Lipinski definition) is 0. The zero-order valence-electron chi connectivity index (χ0n) is 13.7. The van der Waals surface area contributed by atoms with Crippen molar-refractivity contribution >= 4 is 5.91 Å². The Balaban J connectivity index is 2.02. The maximum Gasteiger partial charge on any atom is 0.283 e. The van der Waals surface area contributed by atoms with Crippen LogP contribution < -0.4 is 5.49 Å². The normalized spacial score (nSPS) is 16.5. The maximum absolute atomic E-state index is 12.8. The number of carbonyl (C=O) groups excluding carboxylic acids is 1. The van der Waals surface area contributed by atoms with Gasteiger partial charge >= 0.3 is 0 Å². The van der Waals surface area contributed by atoms with Gasteiger partial charge in [-0.15, -0.1) is 0 Å². The molecule has 23 heavy (non-hydrogen) atoms. The second-order valence-electron chi connectivity index (χ2n) is 6.15. The highest BCUT2D eigenvalue weighted by Gasteiger charge is 2.15. The molecule has 0 N–H and O–H groups in total. The van der Waals surface area contributed by atoms with Gasteiger partial charge < -0.3 is 0 Å². The largest absolute Gasteiger partial charge is 0.283 e. The molecule has 5 heteroatoms. The molecule has 3 rings (SSSR count). The van der Waals surface area contributed by atoms with Crippen molar-refractivity contribution in [3.63, 3.8) is 0 Å². The smallest absolute Gasteiger partial charge is 0.266 e. The van der Waals surface area contributed by atoms with Gasteiger partial charge in [0.2, 0.25) is 0 Å². The number of aromatic nitrogens is 3. The van der Waals surface area contributed by atoms with E-state index in [0.717, 1.165) is 29.6 Å². The van der Waals surface area contributed by atoms with Gasteiger partial charge in [0.25, 0.3) is 5.91 Å². The molecule has 1 aliphatic carbocycles. The van der Waals surface area contributed by atoms with E-state index < -0.39 is 0 Å². The standard InChI is InChI=1S/C18H22N4O/c1-13-7-6-10-22(17(13)21-15-8-4-3-5-9-15)18(23)16-12-19-14(2)11-20-16/h6-7,10-12,15H,3-5,8-9H2,1-2H3. The molecular formula is C18H22N4O. The molecule has 2 heterocycles. The molecule has 2 aromatic heterocycles. The minimum Gasteiger partial charge on any atom is -0.266 e. The number of hydrogen-bond acceptors (Lipinski definition) is 4. The van der Waals surface area contributed by atoms with Gasteiger partial charge in [0.1, 0.15) is 11.2 Å². The highest BCUT2D eigenvalue weighted by atomic mass is 16.2. The van der Waals surface area contributed by atoms with Crippen molar-refractivity contribution in [2.24, 2.45) is 4.99 Å². The second-order valence-corrected chi connectivity index (χ2v) is 6.15. The SMILES string of the molecule is Cc1cnc(C(=O)n2cccc(C)c2=NC2CCCCC2)cn1. The Kier molecular flexibility index (Phi) is 4.65. The van der Waals surface area contributed by atoms with Gasteiger partial charge in [0, 0.05) is 12.4 Å². The average molecular weight is 310 g/mol. The van der Waals surface area contributed by atoms with Crippen molar-refractivity contribution in [3.8, 4) is 0 Å². The van der Waals surface area contributed by atoms with Crippen molar-refractivity contribution in [3.05, 3.63) is 53.2 Å². The highest BCUT2D eigenvalue weighted by Crippen LogP contribution is 2.19. The molecule has 0 aromatic carbocycles. The quantitative estimate of drug-likeness (QED) is 0.857. The average Bonchev–Trinajstić information content (AvgIpc) is 2.58. The van der Waals surface area contributed by atoms with Crippen LogP contribution in [0.5, 0.6) is 0 Å². The van der Waals surface area contributed by atoms with Crippen molar-refractivity contribution < 1.29 is 4.79 Å². The number of aryl methyl sites for hydroxylation is 2. The van der Waals surface area contributed by atoms with E-state index in [4.69, 9.17) is 4.99 Å². The van der Waals surface area contributed by atoms with Crippen LogP contribution in [0.3, 0.4) is 0 Å². The van der Waals surface area contributed by atoms with Gasteiger partial charge in [0.15, 0.2) is 0 Å². The Morgan fingerprint density at radius 2 is 1.96 bits per heavy atom. The Morgan fingerprint density at radius 3 is 2.65 bits per heavy atom. The van der Waals surface area contributed by atoms with Crippen LogP contribution in [0.15, 0.2) is 35.7 Å². The molecule has 1 fully saturated rings. The van der Waals surface area contributed by atoms with Crippen LogP contribution in [0.25, 0.3) is 0 Å². The summed E-state index contributed by atoms with van der Waals surface area (Å²) in [7, 11) is 0. The van der Waals surface area contributed by atoms with Crippen molar-refractivity contribution in [2.75, 3.05) is 0 Å². The fourth-order valence-corrected chi connectivity index (χ4v) is 2.95.